The highest BCUT2D eigenvalue weighted by Gasteiger charge is 1.99. The fourth-order valence-corrected chi connectivity index (χ4v) is 1.98. The lowest BCUT2D eigenvalue weighted by atomic mass is 10.3. The molecule has 2 aromatic rings. The number of rotatable bonds is 5. The van der Waals surface area contributed by atoms with E-state index >= 15 is 0 Å². The lowest BCUT2D eigenvalue weighted by Crippen LogP contribution is -2.18. The molecule has 4 nitrogen and oxygen atoms in total. The molecule has 0 spiro atoms. The van der Waals surface area contributed by atoms with Gasteiger partial charge >= 0.3 is 0 Å². The molecule has 0 aromatic carbocycles. The normalized spacial score (nSPS) is 10.5. The van der Waals surface area contributed by atoms with Gasteiger partial charge in [-0.25, -0.2) is 4.98 Å². The van der Waals surface area contributed by atoms with E-state index in [9.17, 15) is 0 Å². The van der Waals surface area contributed by atoms with Crippen LogP contribution in [0, 0.1) is 0 Å². The first kappa shape index (κ1) is 11.0. The summed E-state index contributed by atoms with van der Waals surface area (Å²) in [4.78, 5) is 8.43. The standard InChI is InChI=1S/C11H14N4S/c12-10-2-1-4-14-11(10)6-13-5-3-9-7-16-8-15-9/h1-2,4,7-8,13H,3,5-6,12H2. The summed E-state index contributed by atoms with van der Waals surface area (Å²) in [5, 5.41) is 5.37. The van der Waals surface area contributed by atoms with Gasteiger partial charge in [-0.1, -0.05) is 0 Å². The zero-order valence-electron chi connectivity index (χ0n) is 8.89. The fraction of sp³-hybridized carbons (Fsp3) is 0.273. The Balaban J connectivity index is 1.74. The van der Waals surface area contributed by atoms with E-state index in [1.165, 1.54) is 0 Å². The number of nitrogens with two attached hydrogens (primary N) is 1. The van der Waals surface area contributed by atoms with E-state index in [1.807, 2.05) is 17.6 Å². The summed E-state index contributed by atoms with van der Waals surface area (Å²) in [6, 6.07) is 3.71. The van der Waals surface area contributed by atoms with Gasteiger partial charge in [0.1, 0.15) is 0 Å². The van der Waals surface area contributed by atoms with Crippen molar-refractivity contribution in [3.05, 3.63) is 40.6 Å². The second kappa shape index (κ2) is 5.58. The van der Waals surface area contributed by atoms with Crippen LogP contribution in [0.1, 0.15) is 11.4 Å². The van der Waals surface area contributed by atoms with E-state index in [-0.39, 0.29) is 0 Å². The van der Waals surface area contributed by atoms with Crippen LogP contribution < -0.4 is 11.1 Å². The van der Waals surface area contributed by atoms with Crippen molar-refractivity contribution in [3.63, 3.8) is 0 Å². The van der Waals surface area contributed by atoms with Gasteiger partial charge in [-0.05, 0) is 12.1 Å². The molecule has 84 valence electrons. The Bertz CT molecular complexity index is 427. The van der Waals surface area contributed by atoms with Crippen LogP contribution >= 0.6 is 11.3 Å². The quantitative estimate of drug-likeness (QED) is 0.769. The van der Waals surface area contributed by atoms with Crippen molar-refractivity contribution in [2.75, 3.05) is 12.3 Å². The van der Waals surface area contributed by atoms with Gasteiger partial charge in [0.25, 0.3) is 0 Å². The van der Waals surface area contributed by atoms with Crippen LogP contribution in [-0.4, -0.2) is 16.5 Å². The van der Waals surface area contributed by atoms with Gasteiger partial charge in [-0.2, -0.15) is 0 Å². The van der Waals surface area contributed by atoms with Crippen LogP contribution in [0.4, 0.5) is 5.69 Å². The van der Waals surface area contributed by atoms with E-state index in [0.29, 0.717) is 6.54 Å². The van der Waals surface area contributed by atoms with Crippen LogP contribution in [0.5, 0.6) is 0 Å². The highest BCUT2D eigenvalue weighted by molar-refractivity contribution is 7.07. The average molecular weight is 234 g/mol. The summed E-state index contributed by atoms with van der Waals surface area (Å²) in [6.07, 6.45) is 2.70. The van der Waals surface area contributed by atoms with Crippen LogP contribution in [0.25, 0.3) is 0 Å². The van der Waals surface area contributed by atoms with E-state index in [2.05, 4.69) is 20.7 Å². The minimum absolute atomic E-state index is 0.705. The van der Waals surface area contributed by atoms with E-state index < -0.39 is 0 Å². The Morgan fingerprint density at radius 2 is 2.31 bits per heavy atom. The fourth-order valence-electron chi connectivity index (χ4n) is 1.38. The van der Waals surface area contributed by atoms with Crippen LogP contribution in [-0.2, 0) is 13.0 Å². The van der Waals surface area contributed by atoms with Gasteiger partial charge in [0.05, 0.1) is 22.6 Å². The molecule has 2 rings (SSSR count). The van der Waals surface area contributed by atoms with Crippen molar-refractivity contribution in [2.45, 2.75) is 13.0 Å². The molecule has 16 heavy (non-hydrogen) atoms. The third-order valence-corrected chi connectivity index (χ3v) is 2.89. The van der Waals surface area contributed by atoms with Crippen LogP contribution in [0.2, 0.25) is 0 Å². The maximum absolute atomic E-state index is 5.78. The van der Waals surface area contributed by atoms with Crippen LogP contribution in [0.15, 0.2) is 29.2 Å². The first-order valence-corrected chi connectivity index (χ1v) is 6.07. The van der Waals surface area contributed by atoms with Gasteiger partial charge in [-0.15, -0.1) is 11.3 Å². The smallest absolute Gasteiger partial charge is 0.0794 e. The summed E-state index contributed by atoms with van der Waals surface area (Å²) in [5.74, 6) is 0. The molecule has 5 heteroatoms. The van der Waals surface area contributed by atoms with Crippen LogP contribution in [0.3, 0.4) is 0 Å². The molecule has 0 aliphatic heterocycles. The van der Waals surface area contributed by atoms with Gasteiger partial charge in [-0.3, -0.25) is 4.98 Å². The lowest BCUT2D eigenvalue weighted by molar-refractivity contribution is 0.671. The number of pyridine rings is 1. The highest BCUT2D eigenvalue weighted by Crippen LogP contribution is 2.06. The third kappa shape index (κ3) is 3.01. The predicted octanol–water partition coefficient (Wildman–Crippen LogP) is 1.45. The van der Waals surface area contributed by atoms with Gasteiger partial charge < -0.3 is 11.1 Å². The van der Waals surface area contributed by atoms with Crippen molar-refractivity contribution in [2.24, 2.45) is 0 Å². The van der Waals surface area contributed by atoms with Crippen molar-refractivity contribution >= 4 is 17.0 Å². The third-order valence-electron chi connectivity index (χ3n) is 2.26. The van der Waals surface area contributed by atoms with Crippen molar-refractivity contribution in [3.8, 4) is 0 Å². The zero-order chi connectivity index (χ0) is 11.2. The molecular formula is C11H14N4S. The first-order chi connectivity index (χ1) is 7.86. The van der Waals surface area contributed by atoms with E-state index in [0.717, 1.165) is 30.0 Å². The number of anilines is 1. The Morgan fingerprint density at radius 1 is 1.38 bits per heavy atom. The molecular weight excluding hydrogens is 220 g/mol. The Morgan fingerprint density at radius 3 is 3.06 bits per heavy atom. The van der Waals surface area contributed by atoms with Gasteiger partial charge in [0.15, 0.2) is 0 Å². The Labute approximate surface area is 98.6 Å². The maximum Gasteiger partial charge on any atom is 0.0794 e. The lowest BCUT2D eigenvalue weighted by Gasteiger charge is -2.05. The van der Waals surface area contributed by atoms with Crippen molar-refractivity contribution in [1.82, 2.24) is 15.3 Å². The number of nitrogens with zero attached hydrogens (tertiary/aromatic N) is 2. The number of thiazole rings is 1. The molecule has 0 radical (unpaired) electrons. The van der Waals surface area contributed by atoms with Crippen molar-refractivity contribution in [1.29, 1.82) is 0 Å². The zero-order valence-corrected chi connectivity index (χ0v) is 9.70. The van der Waals surface area contributed by atoms with E-state index in [1.54, 1.807) is 17.5 Å². The summed E-state index contributed by atoms with van der Waals surface area (Å²) < 4.78 is 0. The minimum Gasteiger partial charge on any atom is -0.397 e. The molecule has 0 aliphatic carbocycles. The summed E-state index contributed by atoms with van der Waals surface area (Å²) in [5.41, 5.74) is 10.4. The molecule has 2 aromatic heterocycles. The molecule has 0 amide bonds. The maximum atomic E-state index is 5.78. The van der Waals surface area contributed by atoms with Gasteiger partial charge in [0, 0.05) is 31.1 Å². The molecule has 2 heterocycles. The molecule has 0 fully saturated rings. The molecule has 0 aliphatic rings. The highest BCUT2D eigenvalue weighted by atomic mass is 32.1. The van der Waals surface area contributed by atoms with E-state index in [4.69, 9.17) is 5.73 Å². The van der Waals surface area contributed by atoms with Crippen molar-refractivity contribution < 1.29 is 0 Å². The predicted molar refractivity (Wildman–Crippen MR) is 66.2 cm³/mol. The second-order valence-electron chi connectivity index (χ2n) is 3.45. The first-order valence-electron chi connectivity index (χ1n) is 5.13. The molecule has 0 bridgehead atoms. The molecule has 0 saturated heterocycles. The number of hydrogen-bond donors (Lipinski definition) is 2. The second-order valence-corrected chi connectivity index (χ2v) is 4.16. The number of nitrogen functional groups attached to an aromatic ring is 1. The average Bonchev–Trinajstić information content (AvgIpc) is 2.79. The number of aromatic nitrogens is 2. The molecule has 0 saturated carbocycles. The number of nitrogens with one attached hydrogen (secondary N) is 1. The topological polar surface area (TPSA) is 63.8 Å². The Kier molecular flexibility index (Phi) is 3.85. The summed E-state index contributed by atoms with van der Waals surface area (Å²) >= 11 is 1.63. The summed E-state index contributed by atoms with van der Waals surface area (Å²) in [7, 11) is 0. The minimum atomic E-state index is 0.705. The monoisotopic (exact) mass is 234 g/mol. The molecule has 0 atom stereocenters. The summed E-state index contributed by atoms with van der Waals surface area (Å²) in [6.45, 7) is 1.59. The molecule has 3 N–H and O–H groups in total. The Hall–Kier alpha value is -1.46. The number of hydrogen-bond acceptors (Lipinski definition) is 5. The van der Waals surface area contributed by atoms with Gasteiger partial charge in [0.2, 0.25) is 0 Å². The molecule has 0 unspecified atom stereocenters. The largest absolute Gasteiger partial charge is 0.397 e. The SMILES string of the molecule is Nc1cccnc1CNCCc1cscn1.